The van der Waals surface area contributed by atoms with Crippen LogP contribution in [0.2, 0.25) is 0 Å². The molecule has 1 radical (unpaired) electrons. The number of Topliss-reactive ketones (excluding diaryl/α,β-unsaturated/α-hetero) is 1. The minimum absolute atomic E-state index is 0.262. The van der Waals surface area contributed by atoms with Crippen molar-refractivity contribution in [1.29, 1.82) is 0 Å². The highest BCUT2D eigenvalue weighted by Crippen LogP contribution is 2.45. The molecule has 23 heavy (non-hydrogen) atoms. The van der Waals surface area contributed by atoms with Gasteiger partial charge < -0.3 is 15.0 Å². The Morgan fingerprint density at radius 2 is 1.96 bits per heavy atom. The molecule has 1 aliphatic heterocycles. The summed E-state index contributed by atoms with van der Waals surface area (Å²) >= 11 is 0. The van der Waals surface area contributed by atoms with E-state index in [0.717, 1.165) is 19.3 Å². The van der Waals surface area contributed by atoms with Gasteiger partial charge in [0.2, 0.25) is 5.78 Å². The van der Waals surface area contributed by atoms with Crippen molar-refractivity contribution in [3.05, 3.63) is 35.4 Å². The Balaban J connectivity index is 2.06. The molecule has 2 aliphatic rings. The van der Waals surface area contributed by atoms with Crippen molar-refractivity contribution in [2.75, 3.05) is 6.54 Å². The van der Waals surface area contributed by atoms with Gasteiger partial charge in [0.15, 0.2) is 0 Å². The average Bonchev–Trinajstić information content (AvgIpc) is 3.03. The number of nitrogens with one attached hydrogen (secondary N) is 1. The van der Waals surface area contributed by atoms with E-state index >= 15 is 0 Å². The molecule has 1 aromatic heterocycles. The summed E-state index contributed by atoms with van der Waals surface area (Å²) in [5.41, 5.74) is -0.818. The number of aromatic nitrogens is 1. The molecule has 121 valence electrons. The zero-order valence-corrected chi connectivity index (χ0v) is 12.5. The van der Waals surface area contributed by atoms with Crippen LogP contribution < -0.4 is 5.32 Å². The molecule has 0 saturated heterocycles. The second kappa shape index (κ2) is 5.57. The molecular formula is C16H17N2O5. The lowest BCUT2D eigenvalue weighted by Gasteiger charge is -2.42. The summed E-state index contributed by atoms with van der Waals surface area (Å²) in [6, 6.07) is 3.32. The average molecular weight is 317 g/mol. The molecular weight excluding hydrogens is 300 g/mol. The molecule has 7 heteroatoms. The number of aliphatic hydroxyl groups excluding tert-OH is 1. The minimum Gasteiger partial charge on any atom is -0.509 e. The van der Waals surface area contributed by atoms with E-state index in [4.69, 9.17) is 0 Å². The summed E-state index contributed by atoms with van der Waals surface area (Å²) in [5.74, 6) is -3.20. The number of hydrogen-bond acceptors (Lipinski definition) is 4. The Hall–Kier alpha value is -2.57. The van der Waals surface area contributed by atoms with Crippen LogP contribution in [-0.2, 0) is 20.2 Å². The van der Waals surface area contributed by atoms with Gasteiger partial charge in [-0.2, -0.15) is 0 Å². The van der Waals surface area contributed by atoms with Gasteiger partial charge in [0, 0.05) is 6.20 Å². The zero-order chi connectivity index (χ0) is 16.6. The fraction of sp³-hybridized carbons (Fsp3) is 0.438. The zero-order valence-electron chi connectivity index (χ0n) is 12.5. The van der Waals surface area contributed by atoms with Gasteiger partial charge in [0.25, 0.3) is 5.91 Å². The van der Waals surface area contributed by atoms with Crippen molar-refractivity contribution in [2.24, 2.45) is 0 Å². The van der Waals surface area contributed by atoms with Crippen LogP contribution in [-0.4, -0.2) is 33.9 Å². The highest BCUT2D eigenvalue weighted by molar-refractivity contribution is 6.26. The minimum atomic E-state index is -1.46. The van der Waals surface area contributed by atoms with Crippen LogP contribution in [0.15, 0.2) is 29.7 Å². The van der Waals surface area contributed by atoms with E-state index in [1.54, 1.807) is 22.9 Å². The molecule has 1 fully saturated rings. The topological polar surface area (TPSA) is 108 Å². The summed E-state index contributed by atoms with van der Waals surface area (Å²) < 4.78 is 1.75. The number of hydrogen-bond donors (Lipinski definition) is 2. The van der Waals surface area contributed by atoms with Crippen LogP contribution in [0.25, 0.3) is 0 Å². The van der Waals surface area contributed by atoms with E-state index in [2.05, 4.69) is 5.32 Å². The van der Waals surface area contributed by atoms with Gasteiger partial charge in [0.1, 0.15) is 23.4 Å². The lowest BCUT2D eigenvalue weighted by molar-refractivity contribution is -0.143. The van der Waals surface area contributed by atoms with Crippen molar-refractivity contribution < 1.29 is 24.6 Å². The van der Waals surface area contributed by atoms with Crippen molar-refractivity contribution in [2.45, 2.75) is 37.6 Å². The van der Waals surface area contributed by atoms with Crippen LogP contribution in [0.5, 0.6) is 0 Å². The molecule has 7 nitrogen and oxygen atoms in total. The molecule has 3 rings (SSSR count). The second-order valence-electron chi connectivity index (χ2n) is 5.96. The SMILES string of the molecule is [O]C(=O)CNC(=O)C1=C(O)C2(CCCCC2)n2cccc2C1=O. The Bertz CT molecular complexity index is 710. The summed E-state index contributed by atoms with van der Waals surface area (Å²) in [6.07, 6.45) is 5.79. The summed E-state index contributed by atoms with van der Waals surface area (Å²) in [6.45, 7) is -0.711. The third-order valence-electron chi connectivity index (χ3n) is 4.65. The van der Waals surface area contributed by atoms with Gasteiger partial charge in [0.05, 0.1) is 5.69 Å². The van der Waals surface area contributed by atoms with Crippen molar-refractivity contribution in [1.82, 2.24) is 9.88 Å². The third-order valence-corrected chi connectivity index (χ3v) is 4.65. The van der Waals surface area contributed by atoms with Crippen LogP contribution in [0.4, 0.5) is 0 Å². The maximum absolute atomic E-state index is 12.5. The maximum atomic E-state index is 12.5. The normalized spacial score (nSPS) is 19.6. The number of carbonyl (C=O) groups excluding carboxylic acids is 3. The van der Waals surface area contributed by atoms with Crippen molar-refractivity contribution >= 4 is 17.7 Å². The molecule has 0 unspecified atom stereocenters. The first-order valence-corrected chi connectivity index (χ1v) is 7.62. The molecule has 0 aromatic carbocycles. The van der Waals surface area contributed by atoms with E-state index in [9.17, 15) is 24.6 Å². The van der Waals surface area contributed by atoms with Crippen LogP contribution in [0.1, 0.15) is 42.6 Å². The maximum Gasteiger partial charge on any atom is 0.374 e. The predicted molar refractivity (Wildman–Crippen MR) is 78.2 cm³/mol. The molecule has 1 spiro atoms. The van der Waals surface area contributed by atoms with E-state index in [1.807, 2.05) is 0 Å². The fourth-order valence-corrected chi connectivity index (χ4v) is 3.59. The van der Waals surface area contributed by atoms with Gasteiger partial charge in [-0.25, -0.2) is 9.90 Å². The monoisotopic (exact) mass is 317 g/mol. The second-order valence-corrected chi connectivity index (χ2v) is 5.96. The number of aliphatic hydroxyl groups is 1. The van der Waals surface area contributed by atoms with Gasteiger partial charge >= 0.3 is 5.97 Å². The van der Waals surface area contributed by atoms with Crippen molar-refractivity contribution in [3.63, 3.8) is 0 Å². The largest absolute Gasteiger partial charge is 0.509 e. The van der Waals surface area contributed by atoms with Gasteiger partial charge in [-0.05, 0) is 25.0 Å². The first-order chi connectivity index (χ1) is 11.0. The lowest BCUT2D eigenvalue weighted by atomic mass is 9.75. The number of amides is 1. The number of allylic oxidation sites excluding steroid dienone is 1. The third kappa shape index (κ3) is 2.32. The molecule has 1 aromatic rings. The number of fused-ring (bicyclic) bond motifs is 2. The van der Waals surface area contributed by atoms with E-state index in [1.165, 1.54) is 0 Å². The van der Waals surface area contributed by atoms with Gasteiger partial charge in [-0.3, -0.25) is 9.59 Å². The molecule has 2 N–H and O–H groups in total. The molecule has 1 aliphatic carbocycles. The molecule has 0 atom stereocenters. The van der Waals surface area contributed by atoms with Crippen LogP contribution in [0, 0.1) is 0 Å². The lowest BCUT2D eigenvalue weighted by Crippen LogP contribution is -2.46. The summed E-state index contributed by atoms with van der Waals surface area (Å²) in [7, 11) is 0. The number of rotatable bonds is 3. The number of ketones is 1. The Labute approximate surface area is 132 Å². The molecule has 1 saturated carbocycles. The van der Waals surface area contributed by atoms with Crippen LogP contribution in [0.3, 0.4) is 0 Å². The predicted octanol–water partition coefficient (Wildman–Crippen LogP) is 1.23. The first-order valence-electron chi connectivity index (χ1n) is 7.62. The number of carbonyl (C=O) groups is 3. The smallest absolute Gasteiger partial charge is 0.374 e. The summed E-state index contributed by atoms with van der Waals surface area (Å²) in [4.78, 5) is 35.3. The Morgan fingerprint density at radius 1 is 1.26 bits per heavy atom. The standard InChI is InChI=1S/C16H17N2O5/c19-11(20)9-17-15(23)12-13(21)10-5-4-8-18(10)16(14(12)22)6-2-1-3-7-16/h4-5,8,22H,1-3,6-7,9H2,(H,17,23). The van der Waals surface area contributed by atoms with E-state index in [-0.39, 0.29) is 11.3 Å². The number of nitrogens with zero attached hydrogens (tertiary/aromatic N) is 1. The highest BCUT2D eigenvalue weighted by Gasteiger charge is 2.47. The highest BCUT2D eigenvalue weighted by atomic mass is 16.4. The molecule has 1 amide bonds. The Kier molecular flexibility index (Phi) is 3.71. The van der Waals surface area contributed by atoms with Crippen molar-refractivity contribution in [3.8, 4) is 0 Å². The van der Waals surface area contributed by atoms with Crippen LogP contribution >= 0.6 is 0 Å². The quantitative estimate of drug-likeness (QED) is 0.817. The fourth-order valence-electron chi connectivity index (χ4n) is 3.59. The molecule has 0 bridgehead atoms. The first kappa shape index (κ1) is 15.3. The van der Waals surface area contributed by atoms with E-state index < -0.39 is 29.7 Å². The Morgan fingerprint density at radius 3 is 2.61 bits per heavy atom. The summed E-state index contributed by atoms with van der Waals surface area (Å²) in [5, 5.41) is 23.3. The van der Waals surface area contributed by atoms with Gasteiger partial charge in [-0.15, -0.1) is 0 Å². The van der Waals surface area contributed by atoms with E-state index in [0.29, 0.717) is 18.5 Å². The van der Waals surface area contributed by atoms with Gasteiger partial charge in [-0.1, -0.05) is 19.3 Å². The molecule has 2 heterocycles.